The Morgan fingerprint density at radius 1 is 1.57 bits per heavy atom. The summed E-state index contributed by atoms with van der Waals surface area (Å²) in [5.41, 5.74) is -0.554. The van der Waals surface area contributed by atoms with Crippen molar-refractivity contribution < 1.29 is 9.53 Å². The number of halogens is 1. The summed E-state index contributed by atoms with van der Waals surface area (Å²) >= 11 is 3.39. The van der Waals surface area contributed by atoms with E-state index in [-0.39, 0.29) is 5.97 Å². The SMILES string of the molecule is CCOC(=O)C(C)(CCCCn1cc(Br)cn1)NC1CC1. The summed E-state index contributed by atoms with van der Waals surface area (Å²) in [6, 6.07) is 0.487. The number of hydrogen-bond acceptors (Lipinski definition) is 4. The van der Waals surface area contributed by atoms with Gasteiger partial charge in [-0.1, -0.05) is 0 Å². The second-order valence-corrected chi connectivity index (χ2v) is 6.77. The monoisotopic (exact) mass is 357 g/mol. The van der Waals surface area contributed by atoms with E-state index >= 15 is 0 Å². The molecule has 21 heavy (non-hydrogen) atoms. The Balaban J connectivity index is 1.79. The van der Waals surface area contributed by atoms with Crippen LogP contribution in [0.2, 0.25) is 0 Å². The maximum absolute atomic E-state index is 12.2. The molecule has 1 saturated carbocycles. The lowest BCUT2D eigenvalue weighted by Gasteiger charge is -2.28. The normalized spacial score (nSPS) is 17.5. The van der Waals surface area contributed by atoms with Gasteiger partial charge >= 0.3 is 5.97 Å². The van der Waals surface area contributed by atoms with Crippen LogP contribution in [0.4, 0.5) is 0 Å². The molecule has 0 spiro atoms. The van der Waals surface area contributed by atoms with E-state index in [0.29, 0.717) is 12.6 Å². The average Bonchev–Trinajstić information content (AvgIpc) is 3.15. The highest BCUT2D eigenvalue weighted by Gasteiger charge is 2.39. The topological polar surface area (TPSA) is 56.2 Å². The molecule has 0 amide bonds. The molecule has 0 aromatic carbocycles. The molecule has 1 aliphatic rings. The third-order valence-electron chi connectivity index (χ3n) is 3.74. The van der Waals surface area contributed by atoms with Crippen molar-refractivity contribution in [1.82, 2.24) is 15.1 Å². The van der Waals surface area contributed by atoms with Crippen LogP contribution >= 0.6 is 15.9 Å². The molecule has 1 fully saturated rings. The molecule has 1 N–H and O–H groups in total. The van der Waals surface area contributed by atoms with Gasteiger partial charge in [-0.05, 0) is 61.9 Å². The molecule has 1 aliphatic carbocycles. The van der Waals surface area contributed by atoms with Crippen molar-refractivity contribution in [2.45, 2.75) is 64.1 Å². The Morgan fingerprint density at radius 3 is 2.90 bits per heavy atom. The van der Waals surface area contributed by atoms with Crippen molar-refractivity contribution in [2.24, 2.45) is 0 Å². The molecule has 1 aromatic rings. The molecule has 5 nitrogen and oxygen atoms in total. The number of unbranched alkanes of at least 4 members (excludes halogenated alkanes) is 1. The highest BCUT2D eigenvalue weighted by molar-refractivity contribution is 9.10. The first kappa shape index (κ1) is 16.5. The highest BCUT2D eigenvalue weighted by atomic mass is 79.9. The van der Waals surface area contributed by atoms with Crippen LogP contribution in [0.15, 0.2) is 16.9 Å². The van der Waals surface area contributed by atoms with Gasteiger partial charge in [-0.25, -0.2) is 0 Å². The van der Waals surface area contributed by atoms with E-state index in [2.05, 4.69) is 26.3 Å². The largest absolute Gasteiger partial charge is 0.465 e. The molecule has 0 radical (unpaired) electrons. The quantitative estimate of drug-likeness (QED) is 0.545. The van der Waals surface area contributed by atoms with Crippen LogP contribution in [0.3, 0.4) is 0 Å². The van der Waals surface area contributed by atoms with Crippen LogP contribution in [-0.2, 0) is 16.1 Å². The molecule has 0 bridgehead atoms. The van der Waals surface area contributed by atoms with Crippen molar-refractivity contribution in [2.75, 3.05) is 6.61 Å². The maximum atomic E-state index is 12.2. The Bertz CT molecular complexity index is 473. The number of esters is 1. The number of nitrogens with one attached hydrogen (secondary N) is 1. The van der Waals surface area contributed by atoms with Crippen molar-refractivity contribution in [3.8, 4) is 0 Å². The van der Waals surface area contributed by atoms with Crippen molar-refractivity contribution in [3.05, 3.63) is 16.9 Å². The molecule has 2 rings (SSSR count). The molecule has 1 atom stereocenters. The summed E-state index contributed by atoms with van der Waals surface area (Å²) in [4.78, 5) is 12.2. The minimum atomic E-state index is -0.554. The van der Waals surface area contributed by atoms with E-state index in [1.54, 1.807) is 6.20 Å². The Morgan fingerprint density at radius 2 is 2.33 bits per heavy atom. The lowest BCUT2D eigenvalue weighted by Crippen LogP contribution is -2.51. The summed E-state index contributed by atoms with van der Waals surface area (Å²) in [6.45, 7) is 5.12. The summed E-state index contributed by atoms with van der Waals surface area (Å²) in [7, 11) is 0. The van der Waals surface area contributed by atoms with Crippen LogP contribution in [-0.4, -0.2) is 33.9 Å². The lowest BCUT2D eigenvalue weighted by molar-refractivity contribution is -0.151. The number of ether oxygens (including phenoxy) is 1. The summed E-state index contributed by atoms with van der Waals surface area (Å²) in [5, 5.41) is 7.69. The van der Waals surface area contributed by atoms with Crippen molar-refractivity contribution >= 4 is 21.9 Å². The van der Waals surface area contributed by atoms with E-state index in [4.69, 9.17) is 4.74 Å². The second kappa shape index (κ2) is 7.40. The zero-order chi connectivity index (χ0) is 15.3. The van der Waals surface area contributed by atoms with Gasteiger partial charge in [-0.15, -0.1) is 0 Å². The predicted octanol–water partition coefficient (Wildman–Crippen LogP) is 2.89. The van der Waals surface area contributed by atoms with E-state index in [1.165, 1.54) is 0 Å². The molecule has 0 aliphatic heterocycles. The van der Waals surface area contributed by atoms with Crippen LogP contribution in [0.25, 0.3) is 0 Å². The van der Waals surface area contributed by atoms with Gasteiger partial charge in [0.2, 0.25) is 0 Å². The standard InChI is InChI=1S/C15H24BrN3O2/c1-3-21-14(20)15(2,18-13-6-7-13)8-4-5-9-19-11-12(16)10-17-19/h10-11,13,18H,3-9H2,1-2H3. The highest BCUT2D eigenvalue weighted by Crippen LogP contribution is 2.26. The first-order valence-electron chi connectivity index (χ1n) is 7.66. The van der Waals surface area contributed by atoms with Crippen molar-refractivity contribution in [3.63, 3.8) is 0 Å². The van der Waals surface area contributed by atoms with E-state index < -0.39 is 5.54 Å². The molecule has 118 valence electrons. The van der Waals surface area contributed by atoms with Crippen molar-refractivity contribution in [1.29, 1.82) is 0 Å². The molecular formula is C15H24BrN3O2. The number of carbonyl (C=O) groups excluding carboxylic acids is 1. The molecule has 1 aromatic heterocycles. The smallest absolute Gasteiger partial charge is 0.326 e. The number of rotatable bonds is 9. The third-order valence-corrected chi connectivity index (χ3v) is 4.15. The fourth-order valence-electron chi connectivity index (χ4n) is 2.41. The summed E-state index contributed by atoms with van der Waals surface area (Å²) in [6.07, 6.45) is 8.84. The molecule has 6 heteroatoms. The summed E-state index contributed by atoms with van der Waals surface area (Å²) in [5.74, 6) is -0.126. The van der Waals surface area contributed by atoms with Gasteiger partial charge in [0.25, 0.3) is 0 Å². The molecule has 1 unspecified atom stereocenters. The molecule has 0 saturated heterocycles. The van der Waals surface area contributed by atoms with Gasteiger partial charge in [0.15, 0.2) is 0 Å². The molecule has 1 heterocycles. The maximum Gasteiger partial charge on any atom is 0.326 e. The first-order chi connectivity index (χ1) is 10.0. The molecular weight excluding hydrogens is 334 g/mol. The van der Waals surface area contributed by atoms with Crippen LogP contribution < -0.4 is 5.32 Å². The van der Waals surface area contributed by atoms with Gasteiger partial charge in [-0.3, -0.25) is 14.8 Å². The minimum Gasteiger partial charge on any atom is -0.465 e. The number of hydrogen-bond donors (Lipinski definition) is 1. The van der Waals surface area contributed by atoms with Crippen LogP contribution in [0.5, 0.6) is 0 Å². The zero-order valence-corrected chi connectivity index (χ0v) is 14.4. The first-order valence-corrected chi connectivity index (χ1v) is 8.45. The fourth-order valence-corrected chi connectivity index (χ4v) is 2.74. The van der Waals surface area contributed by atoms with Crippen LogP contribution in [0.1, 0.15) is 46.0 Å². The van der Waals surface area contributed by atoms with Crippen LogP contribution in [0, 0.1) is 0 Å². The van der Waals surface area contributed by atoms with Gasteiger partial charge in [0.1, 0.15) is 5.54 Å². The van der Waals surface area contributed by atoms with Gasteiger partial charge in [-0.2, -0.15) is 5.10 Å². The number of nitrogens with zero attached hydrogens (tertiary/aromatic N) is 2. The fraction of sp³-hybridized carbons (Fsp3) is 0.733. The number of aromatic nitrogens is 2. The minimum absolute atomic E-state index is 0.126. The van der Waals surface area contributed by atoms with Gasteiger partial charge in [0, 0.05) is 18.8 Å². The van der Waals surface area contributed by atoms with E-state index in [0.717, 1.165) is 43.1 Å². The second-order valence-electron chi connectivity index (χ2n) is 5.85. The number of carbonyl (C=O) groups is 1. The lowest BCUT2D eigenvalue weighted by atomic mass is 9.94. The predicted molar refractivity (Wildman–Crippen MR) is 85.0 cm³/mol. The Kier molecular flexibility index (Phi) is 5.81. The Hall–Kier alpha value is -0.880. The van der Waals surface area contributed by atoms with Gasteiger partial charge < -0.3 is 4.74 Å². The summed E-state index contributed by atoms with van der Waals surface area (Å²) < 4.78 is 8.14. The number of aryl methyl sites for hydroxylation is 1. The van der Waals surface area contributed by atoms with Gasteiger partial charge in [0.05, 0.1) is 17.3 Å². The Labute approximate surface area is 134 Å². The third kappa shape index (κ3) is 5.11. The average molecular weight is 358 g/mol. The van der Waals surface area contributed by atoms with E-state index in [9.17, 15) is 4.79 Å². The van der Waals surface area contributed by atoms with E-state index in [1.807, 2.05) is 24.7 Å². The zero-order valence-electron chi connectivity index (χ0n) is 12.8.